The summed E-state index contributed by atoms with van der Waals surface area (Å²) in [6.07, 6.45) is 3.18. The fourth-order valence-electron chi connectivity index (χ4n) is 1.77. The summed E-state index contributed by atoms with van der Waals surface area (Å²) < 4.78 is 31.3. The average molecular weight is 292 g/mol. The van der Waals surface area contributed by atoms with E-state index in [4.69, 9.17) is 16.0 Å². The van der Waals surface area contributed by atoms with Gasteiger partial charge in [0.25, 0.3) is 0 Å². The van der Waals surface area contributed by atoms with Crippen LogP contribution in [0.4, 0.5) is 8.78 Å². The van der Waals surface area contributed by atoms with Gasteiger partial charge in [0.1, 0.15) is 5.52 Å². The van der Waals surface area contributed by atoms with Gasteiger partial charge in [0.2, 0.25) is 5.89 Å². The average Bonchev–Trinajstić information content (AvgIpc) is 2.82. The lowest BCUT2D eigenvalue weighted by Gasteiger charge is -1.94. The van der Waals surface area contributed by atoms with Crippen LogP contribution in [0.5, 0.6) is 0 Å². The molecule has 2 aromatic carbocycles. The summed E-state index contributed by atoms with van der Waals surface area (Å²) in [5.41, 5.74) is 1.77. The molecule has 0 N–H and O–H groups in total. The van der Waals surface area contributed by atoms with Gasteiger partial charge in [-0.3, -0.25) is 0 Å². The van der Waals surface area contributed by atoms with E-state index in [2.05, 4.69) is 4.98 Å². The van der Waals surface area contributed by atoms with Gasteiger partial charge in [0.05, 0.1) is 0 Å². The molecule has 5 heteroatoms. The van der Waals surface area contributed by atoms with Gasteiger partial charge in [-0.15, -0.1) is 0 Å². The molecular formula is C15H8ClF2NO. The van der Waals surface area contributed by atoms with Gasteiger partial charge in [-0.2, -0.15) is 0 Å². The first kappa shape index (κ1) is 12.8. The summed E-state index contributed by atoms with van der Waals surface area (Å²) >= 11 is 5.86. The molecule has 0 amide bonds. The molecule has 1 heterocycles. The van der Waals surface area contributed by atoms with Crippen molar-refractivity contribution in [1.29, 1.82) is 0 Å². The number of halogens is 3. The monoisotopic (exact) mass is 291 g/mol. The molecule has 0 fully saturated rings. The normalized spacial score (nSPS) is 11.6. The van der Waals surface area contributed by atoms with Gasteiger partial charge in [-0.25, -0.2) is 13.8 Å². The van der Waals surface area contributed by atoms with Gasteiger partial charge < -0.3 is 4.42 Å². The zero-order valence-electron chi connectivity index (χ0n) is 10.1. The van der Waals surface area contributed by atoms with Crippen LogP contribution in [0.2, 0.25) is 5.02 Å². The van der Waals surface area contributed by atoms with Crippen molar-refractivity contribution in [3.05, 3.63) is 64.5 Å². The van der Waals surface area contributed by atoms with Gasteiger partial charge in [0.15, 0.2) is 17.2 Å². The second kappa shape index (κ2) is 5.06. The molecule has 100 valence electrons. The fraction of sp³-hybridized carbons (Fsp3) is 0. The molecule has 3 aromatic rings. The standard InChI is InChI=1S/C15H8ClF2NO/c16-10-3-5-14-13(8-10)19-15(20-14)6-2-9-1-4-11(17)12(18)7-9/h1-8H/b6-2-. The van der Waals surface area contributed by atoms with Crippen molar-refractivity contribution in [2.75, 3.05) is 0 Å². The predicted molar refractivity (Wildman–Crippen MR) is 74.3 cm³/mol. The molecular weight excluding hydrogens is 284 g/mol. The SMILES string of the molecule is Fc1ccc(/C=C\c2nc3cc(Cl)ccc3o2)cc1F. The van der Waals surface area contributed by atoms with Crippen LogP contribution in [0.1, 0.15) is 11.5 Å². The Labute approximate surface area is 118 Å². The number of benzene rings is 2. The van der Waals surface area contributed by atoms with Gasteiger partial charge in [-0.1, -0.05) is 17.7 Å². The first-order valence-corrected chi connectivity index (χ1v) is 6.19. The first-order valence-electron chi connectivity index (χ1n) is 5.81. The van der Waals surface area contributed by atoms with E-state index in [-0.39, 0.29) is 0 Å². The lowest BCUT2D eigenvalue weighted by Crippen LogP contribution is -1.83. The van der Waals surface area contributed by atoms with Crippen LogP contribution in [0.15, 0.2) is 40.8 Å². The Morgan fingerprint density at radius 2 is 1.85 bits per heavy atom. The van der Waals surface area contributed by atoms with Crippen LogP contribution in [0.3, 0.4) is 0 Å². The number of hydrogen-bond donors (Lipinski definition) is 0. The minimum absolute atomic E-state index is 0.368. The Hall–Kier alpha value is -2.20. The van der Waals surface area contributed by atoms with E-state index in [1.165, 1.54) is 6.07 Å². The molecule has 0 atom stereocenters. The van der Waals surface area contributed by atoms with E-state index in [1.54, 1.807) is 30.4 Å². The number of fused-ring (bicyclic) bond motifs is 1. The van der Waals surface area contributed by atoms with Crippen LogP contribution < -0.4 is 0 Å². The van der Waals surface area contributed by atoms with Crippen LogP contribution in [0.25, 0.3) is 23.3 Å². The molecule has 0 unspecified atom stereocenters. The summed E-state index contributed by atoms with van der Waals surface area (Å²) in [5.74, 6) is -1.40. The summed E-state index contributed by atoms with van der Waals surface area (Å²) in [4.78, 5) is 4.22. The Bertz CT molecular complexity index is 811. The zero-order chi connectivity index (χ0) is 14.1. The highest BCUT2D eigenvalue weighted by atomic mass is 35.5. The highest BCUT2D eigenvalue weighted by molar-refractivity contribution is 6.31. The number of oxazole rings is 1. The van der Waals surface area contributed by atoms with Gasteiger partial charge in [-0.05, 0) is 42.0 Å². The quantitative estimate of drug-likeness (QED) is 0.669. The highest BCUT2D eigenvalue weighted by Crippen LogP contribution is 2.21. The lowest BCUT2D eigenvalue weighted by atomic mass is 10.2. The van der Waals surface area contributed by atoms with E-state index >= 15 is 0 Å². The molecule has 0 saturated heterocycles. The maximum atomic E-state index is 13.1. The third-order valence-electron chi connectivity index (χ3n) is 2.73. The Morgan fingerprint density at radius 3 is 2.65 bits per heavy atom. The van der Waals surface area contributed by atoms with Gasteiger partial charge >= 0.3 is 0 Å². The molecule has 0 radical (unpaired) electrons. The summed E-state index contributed by atoms with van der Waals surface area (Å²) in [6, 6.07) is 8.76. The van der Waals surface area contributed by atoms with E-state index in [9.17, 15) is 8.78 Å². The second-order valence-corrected chi connectivity index (χ2v) is 4.61. The predicted octanol–water partition coefficient (Wildman–Crippen LogP) is 4.93. The lowest BCUT2D eigenvalue weighted by molar-refractivity contribution is 0.508. The minimum atomic E-state index is -0.892. The maximum Gasteiger partial charge on any atom is 0.220 e. The van der Waals surface area contributed by atoms with Crippen LogP contribution in [-0.2, 0) is 0 Å². The number of nitrogens with zero attached hydrogens (tertiary/aromatic N) is 1. The Morgan fingerprint density at radius 1 is 1.00 bits per heavy atom. The number of aromatic nitrogens is 1. The van der Waals surface area contributed by atoms with Crippen molar-refractivity contribution < 1.29 is 13.2 Å². The topological polar surface area (TPSA) is 26.0 Å². The molecule has 0 aliphatic rings. The minimum Gasteiger partial charge on any atom is -0.437 e. The first-order chi connectivity index (χ1) is 9.61. The van der Waals surface area contributed by atoms with Crippen molar-refractivity contribution in [3.8, 4) is 0 Å². The van der Waals surface area contributed by atoms with E-state index < -0.39 is 11.6 Å². The molecule has 0 aliphatic carbocycles. The van der Waals surface area contributed by atoms with Crippen molar-refractivity contribution in [2.24, 2.45) is 0 Å². The maximum absolute atomic E-state index is 13.1. The second-order valence-electron chi connectivity index (χ2n) is 4.17. The molecule has 0 saturated carbocycles. The smallest absolute Gasteiger partial charge is 0.220 e. The van der Waals surface area contributed by atoms with Crippen molar-refractivity contribution in [2.45, 2.75) is 0 Å². The molecule has 0 spiro atoms. The van der Waals surface area contributed by atoms with Crippen LogP contribution >= 0.6 is 11.6 Å². The van der Waals surface area contributed by atoms with E-state index in [0.717, 1.165) is 12.1 Å². The van der Waals surface area contributed by atoms with Crippen LogP contribution in [-0.4, -0.2) is 4.98 Å². The largest absolute Gasteiger partial charge is 0.437 e. The Balaban J connectivity index is 1.91. The number of rotatable bonds is 2. The molecule has 0 bridgehead atoms. The van der Waals surface area contributed by atoms with Crippen molar-refractivity contribution >= 4 is 34.9 Å². The zero-order valence-corrected chi connectivity index (χ0v) is 10.9. The molecule has 3 rings (SSSR count). The van der Waals surface area contributed by atoms with E-state index in [0.29, 0.717) is 27.6 Å². The molecule has 2 nitrogen and oxygen atoms in total. The highest BCUT2D eigenvalue weighted by Gasteiger charge is 2.04. The third-order valence-corrected chi connectivity index (χ3v) is 2.96. The summed E-state index contributed by atoms with van der Waals surface area (Å²) in [7, 11) is 0. The van der Waals surface area contributed by atoms with E-state index in [1.807, 2.05) is 0 Å². The van der Waals surface area contributed by atoms with Crippen molar-refractivity contribution in [1.82, 2.24) is 4.98 Å². The molecule has 0 aliphatic heterocycles. The fourth-order valence-corrected chi connectivity index (χ4v) is 1.94. The molecule has 20 heavy (non-hydrogen) atoms. The van der Waals surface area contributed by atoms with Crippen LogP contribution in [0, 0.1) is 11.6 Å². The van der Waals surface area contributed by atoms with Gasteiger partial charge in [0, 0.05) is 11.1 Å². The molecule has 1 aromatic heterocycles. The third kappa shape index (κ3) is 2.56. The summed E-state index contributed by atoms with van der Waals surface area (Å²) in [6.45, 7) is 0. The number of hydrogen-bond acceptors (Lipinski definition) is 2. The Kier molecular flexibility index (Phi) is 3.24. The van der Waals surface area contributed by atoms with Crippen molar-refractivity contribution in [3.63, 3.8) is 0 Å². The summed E-state index contributed by atoms with van der Waals surface area (Å²) in [5, 5.41) is 0.571.